The summed E-state index contributed by atoms with van der Waals surface area (Å²) in [6.07, 6.45) is 6.74. The molecule has 2 atom stereocenters. The Morgan fingerprint density at radius 1 is 1.44 bits per heavy atom. The van der Waals surface area contributed by atoms with Crippen LogP contribution in [-0.2, 0) is 14.3 Å². The highest BCUT2D eigenvalue weighted by Crippen LogP contribution is 2.38. The fraction of sp³-hybridized carbons (Fsp3) is 0.846. The molecule has 1 aliphatic rings. The number of ketones is 1. The first-order valence-electron chi connectivity index (χ1n) is 6.28. The van der Waals surface area contributed by atoms with Crippen LogP contribution in [0.2, 0.25) is 0 Å². The lowest BCUT2D eigenvalue weighted by atomic mass is 9.87. The molecule has 0 aromatic rings. The molecule has 1 fully saturated rings. The average Bonchev–Trinajstić information content (AvgIpc) is 2.52. The molecular weight excluding hydrogens is 204 g/mol. The average molecular weight is 226 g/mol. The van der Waals surface area contributed by atoms with Crippen molar-refractivity contribution in [2.75, 3.05) is 0 Å². The SMILES string of the molecule is CCCCCCC1C(=O)CCC1(C)OC=O. The molecule has 0 N–H and O–H groups in total. The fourth-order valence-corrected chi connectivity index (χ4v) is 2.55. The van der Waals surface area contributed by atoms with E-state index in [4.69, 9.17) is 4.74 Å². The molecule has 0 bridgehead atoms. The summed E-state index contributed by atoms with van der Waals surface area (Å²) in [5, 5.41) is 0. The molecule has 92 valence electrons. The van der Waals surface area contributed by atoms with Crippen molar-refractivity contribution in [2.45, 2.75) is 64.4 Å². The summed E-state index contributed by atoms with van der Waals surface area (Å²) in [5.74, 6) is 0.190. The Bertz CT molecular complexity index is 250. The van der Waals surface area contributed by atoms with Gasteiger partial charge in [0.2, 0.25) is 0 Å². The van der Waals surface area contributed by atoms with Crippen LogP contribution in [0.5, 0.6) is 0 Å². The molecule has 1 aliphatic carbocycles. The molecule has 3 nitrogen and oxygen atoms in total. The van der Waals surface area contributed by atoms with Gasteiger partial charge in [0.1, 0.15) is 11.4 Å². The fourth-order valence-electron chi connectivity index (χ4n) is 2.55. The largest absolute Gasteiger partial charge is 0.461 e. The summed E-state index contributed by atoms with van der Waals surface area (Å²) in [6, 6.07) is 0. The number of unbranched alkanes of at least 4 members (excludes halogenated alkanes) is 3. The minimum absolute atomic E-state index is 0.0745. The maximum Gasteiger partial charge on any atom is 0.293 e. The molecule has 1 saturated carbocycles. The third-order valence-corrected chi connectivity index (χ3v) is 3.66. The van der Waals surface area contributed by atoms with E-state index < -0.39 is 5.60 Å². The van der Waals surface area contributed by atoms with E-state index >= 15 is 0 Å². The quantitative estimate of drug-likeness (QED) is 0.495. The van der Waals surface area contributed by atoms with Crippen molar-refractivity contribution in [3.63, 3.8) is 0 Å². The molecule has 0 aromatic heterocycles. The highest BCUT2D eigenvalue weighted by molar-refractivity contribution is 5.85. The zero-order valence-corrected chi connectivity index (χ0v) is 10.3. The van der Waals surface area contributed by atoms with Gasteiger partial charge in [0.25, 0.3) is 6.47 Å². The van der Waals surface area contributed by atoms with E-state index in [-0.39, 0.29) is 11.7 Å². The Hall–Kier alpha value is -0.860. The van der Waals surface area contributed by atoms with E-state index in [1.165, 1.54) is 12.8 Å². The highest BCUT2D eigenvalue weighted by Gasteiger charge is 2.45. The molecule has 0 radical (unpaired) electrons. The van der Waals surface area contributed by atoms with Crippen LogP contribution < -0.4 is 0 Å². The minimum atomic E-state index is -0.537. The van der Waals surface area contributed by atoms with E-state index in [0.29, 0.717) is 19.3 Å². The Morgan fingerprint density at radius 3 is 2.81 bits per heavy atom. The number of hydrogen-bond acceptors (Lipinski definition) is 3. The van der Waals surface area contributed by atoms with Gasteiger partial charge in [-0.3, -0.25) is 9.59 Å². The van der Waals surface area contributed by atoms with Crippen LogP contribution in [0.1, 0.15) is 58.8 Å². The molecule has 0 aliphatic heterocycles. The molecule has 3 heteroatoms. The number of hydrogen-bond donors (Lipinski definition) is 0. The molecule has 16 heavy (non-hydrogen) atoms. The molecule has 0 heterocycles. The maximum absolute atomic E-state index is 11.7. The highest BCUT2D eigenvalue weighted by atomic mass is 16.5. The van der Waals surface area contributed by atoms with Gasteiger partial charge in [-0.15, -0.1) is 0 Å². The van der Waals surface area contributed by atoms with Gasteiger partial charge >= 0.3 is 0 Å². The first-order valence-corrected chi connectivity index (χ1v) is 6.28. The molecule has 0 aromatic carbocycles. The van der Waals surface area contributed by atoms with Gasteiger partial charge < -0.3 is 4.74 Å². The van der Waals surface area contributed by atoms with Crippen LogP contribution in [-0.4, -0.2) is 17.9 Å². The Morgan fingerprint density at radius 2 is 2.19 bits per heavy atom. The topological polar surface area (TPSA) is 43.4 Å². The number of rotatable bonds is 7. The predicted octanol–water partition coefficient (Wildman–Crippen LogP) is 2.87. The lowest BCUT2D eigenvalue weighted by molar-refractivity contribution is -0.147. The second kappa shape index (κ2) is 6.02. The van der Waals surface area contributed by atoms with Gasteiger partial charge in [0.05, 0.1) is 5.92 Å². The van der Waals surface area contributed by atoms with Crippen LogP contribution in [0, 0.1) is 5.92 Å². The summed E-state index contributed by atoms with van der Waals surface area (Å²) in [7, 11) is 0. The summed E-state index contributed by atoms with van der Waals surface area (Å²) < 4.78 is 5.13. The van der Waals surface area contributed by atoms with Crippen LogP contribution in [0.25, 0.3) is 0 Å². The van der Waals surface area contributed by atoms with Crippen molar-refractivity contribution in [2.24, 2.45) is 5.92 Å². The van der Waals surface area contributed by atoms with Crippen LogP contribution in [0.4, 0.5) is 0 Å². The van der Waals surface area contributed by atoms with Crippen molar-refractivity contribution in [3.8, 4) is 0 Å². The summed E-state index contributed by atoms with van der Waals surface area (Å²) in [4.78, 5) is 22.2. The second-order valence-corrected chi connectivity index (χ2v) is 4.89. The Labute approximate surface area is 97.5 Å². The first-order chi connectivity index (χ1) is 7.64. The molecule has 2 unspecified atom stereocenters. The van der Waals surface area contributed by atoms with Crippen LogP contribution in [0.3, 0.4) is 0 Å². The van der Waals surface area contributed by atoms with E-state index in [1.54, 1.807) is 0 Å². The number of carbonyl (C=O) groups is 2. The molecule has 0 amide bonds. The van der Waals surface area contributed by atoms with E-state index in [9.17, 15) is 9.59 Å². The van der Waals surface area contributed by atoms with Crippen LogP contribution in [0.15, 0.2) is 0 Å². The molecule has 0 spiro atoms. The van der Waals surface area contributed by atoms with Crippen molar-refractivity contribution < 1.29 is 14.3 Å². The monoisotopic (exact) mass is 226 g/mol. The van der Waals surface area contributed by atoms with Crippen molar-refractivity contribution in [1.82, 2.24) is 0 Å². The summed E-state index contributed by atoms with van der Waals surface area (Å²) >= 11 is 0. The van der Waals surface area contributed by atoms with Gasteiger partial charge in [0, 0.05) is 6.42 Å². The number of carbonyl (C=O) groups excluding carboxylic acids is 2. The lowest BCUT2D eigenvalue weighted by Gasteiger charge is -2.28. The maximum atomic E-state index is 11.7. The van der Waals surface area contributed by atoms with Gasteiger partial charge in [0.15, 0.2) is 0 Å². The Kier molecular flexibility index (Phi) is 4.97. The van der Waals surface area contributed by atoms with E-state index in [0.717, 1.165) is 19.3 Å². The molecule has 0 saturated heterocycles. The lowest BCUT2D eigenvalue weighted by Crippen LogP contribution is -2.35. The normalized spacial score (nSPS) is 29.4. The van der Waals surface area contributed by atoms with Gasteiger partial charge in [-0.25, -0.2) is 0 Å². The second-order valence-electron chi connectivity index (χ2n) is 4.89. The van der Waals surface area contributed by atoms with Crippen LogP contribution >= 0.6 is 0 Å². The zero-order valence-electron chi connectivity index (χ0n) is 10.3. The van der Waals surface area contributed by atoms with E-state index in [2.05, 4.69) is 6.92 Å². The molecule has 1 rings (SSSR count). The van der Waals surface area contributed by atoms with Crippen molar-refractivity contribution in [1.29, 1.82) is 0 Å². The van der Waals surface area contributed by atoms with Gasteiger partial charge in [-0.2, -0.15) is 0 Å². The third kappa shape index (κ3) is 3.06. The standard InChI is InChI=1S/C13H22O3/c1-3-4-5-6-7-11-12(15)8-9-13(11,2)16-10-14/h10-11H,3-9H2,1-2H3. The molecular formula is C13H22O3. The number of ether oxygens (including phenoxy) is 1. The number of Topliss-reactive ketones (excluding diaryl/α,β-unsaturated/α-hetero) is 1. The predicted molar refractivity (Wildman–Crippen MR) is 62.0 cm³/mol. The van der Waals surface area contributed by atoms with E-state index in [1.807, 2.05) is 6.92 Å². The summed E-state index contributed by atoms with van der Waals surface area (Å²) in [5.41, 5.74) is -0.537. The minimum Gasteiger partial charge on any atom is -0.461 e. The Balaban J connectivity index is 2.46. The smallest absolute Gasteiger partial charge is 0.293 e. The van der Waals surface area contributed by atoms with Crippen molar-refractivity contribution >= 4 is 12.3 Å². The van der Waals surface area contributed by atoms with Gasteiger partial charge in [-0.1, -0.05) is 32.6 Å². The first kappa shape index (κ1) is 13.2. The van der Waals surface area contributed by atoms with Gasteiger partial charge in [-0.05, 0) is 19.8 Å². The third-order valence-electron chi connectivity index (χ3n) is 3.66. The summed E-state index contributed by atoms with van der Waals surface area (Å²) in [6.45, 7) is 4.54. The zero-order chi connectivity index (χ0) is 12.0. The van der Waals surface area contributed by atoms with Crippen molar-refractivity contribution in [3.05, 3.63) is 0 Å².